The number of carbonyl (C=O) groups is 1. The van der Waals surface area contributed by atoms with Crippen LogP contribution in [0.1, 0.15) is 11.1 Å². The maximum absolute atomic E-state index is 12.8. The first kappa shape index (κ1) is 21.6. The highest BCUT2D eigenvalue weighted by molar-refractivity contribution is 7.92. The smallest absolute Gasteiger partial charge is 0.243 e. The number of halogens is 1. The molecule has 1 aliphatic rings. The Morgan fingerprint density at radius 3 is 2.24 bits per heavy atom. The summed E-state index contributed by atoms with van der Waals surface area (Å²) >= 11 is 5.93. The Balaban J connectivity index is 1.60. The van der Waals surface area contributed by atoms with Gasteiger partial charge in [0.15, 0.2) is 0 Å². The number of hydrogen-bond donors (Lipinski definition) is 0. The monoisotopic (exact) mass is 435 g/mol. The molecule has 1 amide bonds. The zero-order valence-corrected chi connectivity index (χ0v) is 18.3. The number of sulfonamides is 1. The lowest BCUT2D eigenvalue weighted by molar-refractivity contribution is -0.131. The van der Waals surface area contributed by atoms with E-state index in [0.29, 0.717) is 23.8 Å². The zero-order valence-electron chi connectivity index (χ0n) is 16.7. The fourth-order valence-electron chi connectivity index (χ4n) is 3.45. The number of aryl methyl sites for hydroxylation is 1. The average Bonchev–Trinajstić information content (AvgIpc) is 2.68. The Morgan fingerprint density at radius 1 is 1.03 bits per heavy atom. The molecule has 6 nitrogen and oxygen atoms in total. The van der Waals surface area contributed by atoms with E-state index in [1.165, 1.54) is 9.87 Å². The molecule has 3 rings (SSSR count). The van der Waals surface area contributed by atoms with Crippen LogP contribution in [0.4, 0.5) is 5.69 Å². The molecule has 29 heavy (non-hydrogen) atoms. The predicted octanol–water partition coefficient (Wildman–Crippen LogP) is 2.76. The van der Waals surface area contributed by atoms with Gasteiger partial charge in [0, 0.05) is 37.7 Å². The Bertz CT molecular complexity index is 955. The van der Waals surface area contributed by atoms with Gasteiger partial charge in [-0.2, -0.15) is 0 Å². The molecular formula is C21H26ClN3O3S. The first-order valence-electron chi connectivity index (χ1n) is 9.52. The van der Waals surface area contributed by atoms with Crippen LogP contribution in [0.2, 0.25) is 5.02 Å². The molecule has 0 unspecified atom stereocenters. The van der Waals surface area contributed by atoms with Gasteiger partial charge in [0.2, 0.25) is 15.9 Å². The van der Waals surface area contributed by atoms with E-state index in [1.807, 2.05) is 43.3 Å². The van der Waals surface area contributed by atoms with E-state index in [9.17, 15) is 13.2 Å². The first-order chi connectivity index (χ1) is 13.7. The third-order valence-electron chi connectivity index (χ3n) is 5.11. The van der Waals surface area contributed by atoms with Crippen LogP contribution in [0, 0.1) is 6.92 Å². The molecule has 1 saturated heterocycles. The number of para-hydroxylation sites is 1. The van der Waals surface area contributed by atoms with Gasteiger partial charge in [-0.1, -0.05) is 41.9 Å². The second kappa shape index (κ2) is 9.15. The van der Waals surface area contributed by atoms with Gasteiger partial charge < -0.3 is 4.90 Å². The largest absolute Gasteiger partial charge is 0.339 e. The molecule has 0 aromatic heterocycles. The molecule has 0 saturated carbocycles. The summed E-state index contributed by atoms with van der Waals surface area (Å²) in [6.45, 7) is 5.12. The van der Waals surface area contributed by atoms with E-state index in [4.69, 9.17) is 11.6 Å². The van der Waals surface area contributed by atoms with Gasteiger partial charge in [0.05, 0.1) is 11.9 Å². The van der Waals surface area contributed by atoms with Crippen LogP contribution in [-0.2, 0) is 21.4 Å². The molecular weight excluding hydrogens is 410 g/mol. The molecule has 0 bridgehead atoms. The van der Waals surface area contributed by atoms with Crippen molar-refractivity contribution < 1.29 is 13.2 Å². The fourth-order valence-corrected chi connectivity index (χ4v) is 4.48. The SMILES string of the molecule is Cc1ccccc1N(CC(=O)N1CCN(Cc2ccc(Cl)cc2)CC1)S(C)(=O)=O. The molecule has 1 fully saturated rings. The highest BCUT2D eigenvalue weighted by atomic mass is 35.5. The van der Waals surface area contributed by atoms with Crippen LogP contribution < -0.4 is 4.31 Å². The summed E-state index contributed by atoms with van der Waals surface area (Å²) in [5, 5.41) is 0.716. The number of amides is 1. The summed E-state index contributed by atoms with van der Waals surface area (Å²) in [5.74, 6) is -0.176. The highest BCUT2D eigenvalue weighted by Crippen LogP contribution is 2.22. The number of piperazine rings is 1. The summed E-state index contributed by atoms with van der Waals surface area (Å²) in [4.78, 5) is 16.9. The second-order valence-corrected chi connectivity index (χ2v) is 9.68. The number of rotatable bonds is 6. The van der Waals surface area contributed by atoms with Crippen molar-refractivity contribution in [3.05, 3.63) is 64.7 Å². The number of hydrogen-bond acceptors (Lipinski definition) is 4. The van der Waals surface area contributed by atoms with E-state index in [0.717, 1.165) is 31.5 Å². The van der Waals surface area contributed by atoms with Crippen LogP contribution >= 0.6 is 11.6 Å². The molecule has 1 aliphatic heterocycles. The van der Waals surface area contributed by atoms with Crippen molar-refractivity contribution in [2.75, 3.05) is 43.3 Å². The number of benzene rings is 2. The van der Waals surface area contributed by atoms with Gasteiger partial charge in [-0.15, -0.1) is 0 Å². The quantitative estimate of drug-likeness (QED) is 0.700. The molecule has 0 aliphatic carbocycles. The Morgan fingerprint density at radius 2 is 1.66 bits per heavy atom. The van der Waals surface area contributed by atoms with E-state index in [-0.39, 0.29) is 12.5 Å². The molecule has 0 N–H and O–H groups in total. The van der Waals surface area contributed by atoms with E-state index < -0.39 is 10.0 Å². The molecule has 156 valence electrons. The van der Waals surface area contributed by atoms with Gasteiger partial charge in [-0.3, -0.25) is 14.0 Å². The molecule has 0 spiro atoms. The lowest BCUT2D eigenvalue weighted by atomic mass is 10.2. The van der Waals surface area contributed by atoms with E-state index in [2.05, 4.69) is 4.90 Å². The van der Waals surface area contributed by atoms with Crippen LogP contribution in [0.25, 0.3) is 0 Å². The standard InChI is InChI=1S/C21H26ClN3O3S/c1-17-5-3-4-6-20(17)25(29(2,27)28)16-21(26)24-13-11-23(12-14-24)15-18-7-9-19(22)10-8-18/h3-10H,11-16H2,1-2H3. The van der Waals surface area contributed by atoms with Crippen LogP contribution in [0.15, 0.2) is 48.5 Å². The number of carbonyl (C=O) groups excluding carboxylic acids is 1. The van der Waals surface area contributed by atoms with Crippen molar-refractivity contribution in [3.8, 4) is 0 Å². The first-order valence-corrected chi connectivity index (χ1v) is 11.7. The average molecular weight is 436 g/mol. The third kappa shape index (κ3) is 5.72. The molecule has 1 heterocycles. The van der Waals surface area contributed by atoms with Crippen molar-refractivity contribution in [2.45, 2.75) is 13.5 Å². The summed E-state index contributed by atoms with van der Waals surface area (Å²) in [6, 6.07) is 15.0. The topological polar surface area (TPSA) is 60.9 Å². The Kier molecular flexibility index (Phi) is 6.82. The summed E-state index contributed by atoms with van der Waals surface area (Å²) in [5.41, 5.74) is 2.54. The normalized spacial score (nSPS) is 15.3. The van der Waals surface area contributed by atoms with Gasteiger partial charge >= 0.3 is 0 Å². The molecule has 0 radical (unpaired) electrons. The molecule has 2 aromatic rings. The van der Waals surface area contributed by atoms with Crippen LogP contribution in [0.3, 0.4) is 0 Å². The summed E-state index contributed by atoms with van der Waals surface area (Å²) in [6.07, 6.45) is 1.14. The van der Waals surface area contributed by atoms with Gasteiger partial charge in [0.25, 0.3) is 0 Å². The highest BCUT2D eigenvalue weighted by Gasteiger charge is 2.27. The van der Waals surface area contributed by atoms with Gasteiger partial charge in [0.1, 0.15) is 6.54 Å². The van der Waals surface area contributed by atoms with E-state index >= 15 is 0 Å². The van der Waals surface area contributed by atoms with Crippen molar-refractivity contribution in [3.63, 3.8) is 0 Å². The fraction of sp³-hybridized carbons (Fsp3) is 0.381. The lowest BCUT2D eigenvalue weighted by Gasteiger charge is -2.36. The minimum Gasteiger partial charge on any atom is -0.339 e. The third-order valence-corrected chi connectivity index (χ3v) is 6.49. The summed E-state index contributed by atoms with van der Waals surface area (Å²) in [7, 11) is -3.56. The van der Waals surface area contributed by atoms with Crippen molar-refractivity contribution in [2.24, 2.45) is 0 Å². The maximum Gasteiger partial charge on any atom is 0.243 e. The number of nitrogens with zero attached hydrogens (tertiary/aromatic N) is 3. The van der Waals surface area contributed by atoms with Crippen molar-refractivity contribution in [1.82, 2.24) is 9.80 Å². The minimum absolute atomic E-state index is 0.176. The van der Waals surface area contributed by atoms with Gasteiger partial charge in [-0.05, 0) is 36.2 Å². The Labute approximate surface area is 177 Å². The van der Waals surface area contributed by atoms with Crippen LogP contribution in [-0.4, -0.2) is 63.1 Å². The minimum atomic E-state index is -3.56. The van der Waals surface area contributed by atoms with Crippen LogP contribution in [0.5, 0.6) is 0 Å². The van der Waals surface area contributed by atoms with Crippen molar-refractivity contribution in [1.29, 1.82) is 0 Å². The lowest BCUT2D eigenvalue weighted by Crippen LogP contribution is -2.51. The summed E-state index contributed by atoms with van der Waals surface area (Å²) < 4.78 is 25.8. The second-order valence-electron chi connectivity index (χ2n) is 7.34. The molecule has 8 heteroatoms. The van der Waals surface area contributed by atoms with Crippen molar-refractivity contribution >= 4 is 33.2 Å². The maximum atomic E-state index is 12.8. The zero-order chi connectivity index (χ0) is 21.0. The molecule has 2 aromatic carbocycles. The Hall–Kier alpha value is -2.09. The molecule has 0 atom stereocenters. The van der Waals surface area contributed by atoms with Gasteiger partial charge in [-0.25, -0.2) is 8.42 Å². The predicted molar refractivity (Wildman–Crippen MR) is 117 cm³/mol. The number of anilines is 1. The van der Waals surface area contributed by atoms with E-state index in [1.54, 1.807) is 17.0 Å².